The zero-order valence-corrected chi connectivity index (χ0v) is 18.3. The zero-order chi connectivity index (χ0) is 12.0. The number of rotatable bonds is 2. The van der Waals surface area contributed by atoms with E-state index in [4.69, 9.17) is 0 Å². The quantitative estimate of drug-likeness (QED) is 0.353. The van der Waals surface area contributed by atoms with E-state index in [1.165, 1.54) is 0 Å². The van der Waals surface area contributed by atoms with Crippen molar-refractivity contribution in [3.05, 3.63) is 48.5 Å². The fourth-order valence-electron chi connectivity index (χ4n) is 1.55. The number of hydrogen-bond donors (Lipinski definition) is 0. The predicted octanol–water partition coefficient (Wildman–Crippen LogP) is -3.80. The smallest absolute Gasteiger partial charge is 1.00 e. The van der Waals surface area contributed by atoms with Crippen LogP contribution >= 0.6 is 0 Å². The largest absolute Gasteiger partial charge is 4.00 e. The predicted molar refractivity (Wildman–Crippen MR) is 81.1 cm³/mol. The molecule has 0 saturated heterocycles. The molecule has 0 N–H and O–H groups in total. The van der Waals surface area contributed by atoms with Crippen molar-refractivity contribution in [2.24, 2.45) is 0 Å². The first-order valence-electron chi connectivity index (χ1n) is 6.04. The minimum Gasteiger partial charge on any atom is -1.00 e. The summed E-state index contributed by atoms with van der Waals surface area (Å²) in [6.07, 6.45) is 0. The van der Waals surface area contributed by atoms with Crippen LogP contribution < -0.4 is 35.2 Å². The molecule has 0 nitrogen and oxygen atoms in total. The molecule has 0 aliphatic heterocycles. The van der Waals surface area contributed by atoms with Gasteiger partial charge in [-0.25, -0.2) is 24.3 Å². The third-order valence-electron chi connectivity index (χ3n) is 2.71. The van der Waals surface area contributed by atoms with Gasteiger partial charge in [0.25, 0.3) is 0 Å². The van der Waals surface area contributed by atoms with E-state index in [-0.39, 0.29) is 51.0 Å². The average Bonchev–Trinajstić information content (AvgIpc) is 2.93. The van der Waals surface area contributed by atoms with Crippen LogP contribution in [0.2, 0.25) is 26.2 Å². The second-order valence-electron chi connectivity index (χ2n) is 4.75. The van der Waals surface area contributed by atoms with Crippen molar-refractivity contribution in [3.63, 3.8) is 0 Å². The van der Waals surface area contributed by atoms with Gasteiger partial charge in [-0.1, -0.05) is 26.2 Å². The van der Waals surface area contributed by atoms with Crippen molar-refractivity contribution >= 4 is 28.0 Å². The van der Waals surface area contributed by atoms with Crippen LogP contribution in [0.1, 0.15) is 0 Å². The van der Waals surface area contributed by atoms with E-state index in [9.17, 15) is 0 Å². The Morgan fingerprint density at radius 3 is 0.895 bits per heavy atom. The van der Waals surface area contributed by atoms with Gasteiger partial charge in [0.15, 0.2) is 0 Å². The molecule has 0 aliphatic carbocycles. The molecular formula is C14H22Cl2Si2Zr. The Hall–Kier alpha value is 0.597. The van der Waals surface area contributed by atoms with Gasteiger partial charge in [0.05, 0.1) is 0 Å². The van der Waals surface area contributed by atoms with Crippen LogP contribution in [-0.4, -0.2) is 17.6 Å². The molecule has 2 rings (SSSR count). The molecule has 0 atom stereocenters. The Kier molecular flexibility index (Phi) is 17.6. The van der Waals surface area contributed by atoms with Gasteiger partial charge < -0.3 is 24.8 Å². The van der Waals surface area contributed by atoms with Gasteiger partial charge in [-0.3, -0.25) is 0 Å². The van der Waals surface area contributed by atoms with E-state index in [2.05, 4.69) is 74.7 Å². The molecule has 5 heteroatoms. The summed E-state index contributed by atoms with van der Waals surface area (Å²) in [4.78, 5) is 0. The van der Waals surface area contributed by atoms with Crippen LogP contribution in [0.15, 0.2) is 48.5 Å². The molecule has 0 fully saturated rings. The van der Waals surface area contributed by atoms with Gasteiger partial charge in [-0.2, -0.15) is 34.6 Å². The second kappa shape index (κ2) is 13.6. The molecular weight excluding hydrogens is 386 g/mol. The maximum Gasteiger partial charge on any atom is 4.00 e. The summed E-state index contributed by atoms with van der Waals surface area (Å²) in [7, 11) is -0.960. The molecule has 2 aromatic carbocycles. The van der Waals surface area contributed by atoms with E-state index < -0.39 is 17.6 Å². The van der Waals surface area contributed by atoms with Crippen LogP contribution in [0.3, 0.4) is 0 Å². The minimum atomic E-state index is -0.480. The monoisotopic (exact) mass is 406 g/mol. The molecule has 0 aliphatic rings. The van der Waals surface area contributed by atoms with E-state index in [0.717, 1.165) is 0 Å². The second-order valence-corrected chi connectivity index (χ2v) is 10.7. The Morgan fingerprint density at radius 2 is 0.789 bits per heavy atom. The molecule has 0 heterocycles. The normalized spacial score (nSPS) is 8.74. The minimum absolute atomic E-state index is 0. The maximum absolute atomic E-state index is 2.34. The Bertz CT molecular complexity index is 332. The third kappa shape index (κ3) is 10.0. The topological polar surface area (TPSA) is 0 Å². The molecule has 0 saturated carbocycles. The number of halogens is 2. The van der Waals surface area contributed by atoms with E-state index in [1.54, 1.807) is 10.4 Å². The summed E-state index contributed by atoms with van der Waals surface area (Å²) in [6.45, 7) is 9.37. The van der Waals surface area contributed by atoms with Crippen molar-refractivity contribution in [3.8, 4) is 0 Å². The van der Waals surface area contributed by atoms with E-state index >= 15 is 0 Å². The average molecular weight is 409 g/mol. The SMILES string of the molecule is C[SiH](C)[c-]1cccc1.C[SiH](C)[c-]1cccc1.[Cl-].[Cl-].[Zr+4]. The van der Waals surface area contributed by atoms with Crippen molar-refractivity contribution in [1.29, 1.82) is 0 Å². The summed E-state index contributed by atoms with van der Waals surface area (Å²) in [6, 6.07) is 17.3. The fraction of sp³-hybridized carbons (Fsp3) is 0.286. The maximum atomic E-state index is 2.34. The summed E-state index contributed by atoms with van der Waals surface area (Å²) in [5.41, 5.74) is 0. The van der Waals surface area contributed by atoms with Crippen LogP contribution in [0.5, 0.6) is 0 Å². The van der Waals surface area contributed by atoms with Gasteiger partial charge in [0, 0.05) is 17.6 Å². The first-order valence-corrected chi connectivity index (χ1v) is 11.8. The fourth-order valence-corrected chi connectivity index (χ4v) is 3.53. The molecule has 2 aromatic rings. The van der Waals surface area contributed by atoms with Crippen molar-refractivity contribution in [2.75, 3.05) is 0 Å². The van der Waals surface area contributed by atoms with Crippen molar-refractivity contribution in [1.82, 2.24) is 0 Å². The van der Waals surface area contributed by atoms with Gasteiger partial charge in [-0.15, -0.1) is 0 Å². The Balaban J connectivity index is -0.000000233. The van der Waals surface area contributed by atoms with Gasteiger partial charge in [-0.05, 0) is 0 Å². The molecule has 0 unspecified atom stereocenters. The molecule has 104 valence electrons. The molecule has 0 bridgehead atoms. The van der Waals surface area contributed by atoms with Crippen LogP contribution in [0.25, 0.3) is 0 Å². The molecule has 0 amide bonds. The van der Waals surface area contributed by atoms with Gasteiger partial charge in [0.2, 0.25) is 0 Å². The van der Waals surface area contributed by atoms with Gasteiger partial charge in [0.1, 0.15) is 0 Å². The zero-order valence-electron chi connectivity index (χ0n) is 12.0. The summed E-state index contributed by atoms with van der Waals surface area (Å²) in [5, 5.41) is 3.15. The summed E-state index contributed by atoms with van der Waals surface area (Å²) >= 11 is 0. The first-order chi connectivity index (χ1) is 7.61. The van der Waals surface area contributed by atoms with E-state index in [1.807, 2.05) is 0 Å². The summed E-state index contributed by atoms with van der Waals surface area (Å²) in [5.74, 6) is 0. The van der Waals surface area contributed by atoms with Crippen molar-refractivity contribution < 1.29 is 51.0 Å². The standard InChI is InChI=1S/2C7H11Si.2ClH.Zr/c2*1-8(2)7-5-3-4-6-7;;;/h2*3-6,8H,1-2H3;2*1H;/q2*-1;;;+4/p-2. The summed E-state index contributed by atoms with van der Waals surface area (Å²) < 4.78 is 0. The molecule has 0 spiro atoms. The number of hydrogen-bond acceptors (Lipinski definition) is 0. The first kappa shape index (κ1) is 24.6. The molecule has 0 radical (unpaired) electrons. The van der Waals surface area contributed by atoms with Crippen molar-refractivity contribution in [2.45, 2.75) is 26.2 Å². The van der Waals surface area contributed by atoms with Crippen LogP contribution in [-0.2, 0) is 26.2 Å². The Morgan fingerprint density at radius 1 is 0.579 bits per heavy atom. The van der Waals surface area contributed by atoms with Crippen LogP contribution in [0.4, 0.5) is 0 Å². The third-order valence-corrected chi connectivity index (χ3v) is 6.15. The van der Waals surface area contributed by atoms with Crippen LogP contribution in [0, 0.1) is 0 Å². The Labute approximate surface area is 152 Å². The molecule has 19 heavy (non-hydrogen) atoms. The van der Waals surface area contributed by atoms with Gasteiger partial charge >= 0.3 is 26.2 Å². The van der Waals surface area contributed by atoms with E-state index in [0.29, 0.717) is 0 Å². The molecule has 0 aromatic heterocycles.